The maximum Gasteiger partial charge on any atom is 0.120 e. The third kappa shape index (κ3) is 7.19. The van der Waals surface area contributed by atoms with Crippen molar-refractivity contribution in [2.45, 2.75) is 65.3 Å². The van der Waals surface area contributed by atoms with Crippen molar-refractivity contribution in [3.8, 4) is 5.75 Å². The molecule has 0 aromatic heterocycles. The summed E-state index contributed by atoms with van der Waals surface area (Å²) in [4.78, 5) is 0. The summed E-state index contributed by atoms with van der Waals surface area (Å²) in [6.45, 7) is 8.33. The predicted molar refractivity (Wildman–Crippen MR) is 92.4 cm³/mol. The highest BCUT2D eigenvalue weighted by molar-refractivity contribution is 6.31. The van der Waals surface area contributed by atoms with Gasteiger partial charge < -0.3 is 10.1 Å². The van der Waals surface area contributed by atoms with Crippen molar-refractivity contribution in [3.05, 3.63) is 28.8 Å². The maximum atomic E-state index is 6.36. The van der Waals surface area contributed by atoms with Crippen LogP contribution in [0.1, 0.15) is 70.9 Å². The molecule has 1 aromatic rings. The molecule has 0 spiro atoms. The highest BCUT2D eigenvalue weighted by Crippen LogP contribution is 2.27. The summed E-state index contributed by atoms with van der Waals surface area (Å²) in [5.41, 5.74) is 1.14. The van der Waals surface area contributed by atoms with Crippen LogP contribution < -0.4 is 10.1 Å². The second kappa shape index (κ2) is 10.9. The Kier molecular flexibility index (Phi) is 9.53. The lowest BCUT2D eigenvalue weighted by Gasteiger charge is -2.16. The summed E-state index contributed by atoms with van der Waals surface area (Å²) >= 11 is 6.36. The number of nitrogens with one attached hydrogen (secondary N) is 1. The van der Waals surface area contributed by atoms with Gasteiger partial charge in [-0.25, -0.2) is 0 Å². The highest BCUT2D eigenvalue weighted by atomic mass is 35.5. The van der Waals surface area contributed by atoms with Crippen LogP contribution in [-0.2, 0) is 0 Å². The lowest BCUT2D eigenvalue weighted by molar-refractivity contribution is 0.304. The minimum absolute atomic E-state index is 0.278. The molecule has 0 heterocycles. The summed E-state index contributed by atoms with van der Waals surface area (Å²) in [6, 6.07) is 6.31. The maximum absolute atomic E-state index is 6.36. The molecule has 0 fully saturated rings. The van der Waals surface area contributed by atoms with Gasteiger partial charge in [0.15, 0.2) is 0 Å². The zero-order valence-corrected chi connectivity index (χ0v) is 14.5. The SMILES string of the molecule is CCCCCCCOc1ccc(C(C)NCCC)c(Cl)c1. The largest absolute Gasteiger partial charge is 0.494 e. The van der Waals surface area contributed by atoms with E-state index in [-0.39, 0.29) is 6.04 Å². The van der Waals surface area contributed by atoms with Crippen LogP contribution in [0.25, 0.3) is 0 Å². The Bertz CT molecular complexity index is 395. The Morgan fingerprint density at radius 2 is 1.86 bits per heavy atom. The van der Waals surface area contributed by atoms with Gasteiger partial charge in [0, 0.05) is 11.1 Å². The summed E-state index contributed by atoms with van der Waals surface area (Å²) in [5, 5.41) is 4.24. The van der Waals surface area contributed by atoms with Gasteiger partial charge in [-0.05, 0) is 44.0 Å². The van der Waals surface area contributed by atoms with Crippen molar-refractivity contribution in [1.82, 2.24) is 5.32 Å². The van der Waals surface area contributed by atoms with E-state index in [1.807, 2.05) is 12.1 Å². The summed E-state index contributed by atoms with van der Waals surface area (Å²) in [7, 11) is 0. The van der Waals surface area contributed by atoms with E-state index in [0.717, 1.165) is 42.3 Å². The van der Waals surface area contributed by atoms with Crippen LogP contribution in [0.4, 0.5) is 0 Å². The molecule has 1 rings (SSSR count). The van der Waals surface area contributed by atoms with Gasteiger partial charge in [-0.15, -0.1) is 0 Å². The van der Waals surface area contributed by atoms with E-state index in [2.05, 4.69) is 32.2 Å². The number of benzene rings is 1. The molecular weight excluding hydrogens is 282 g/mol. The fourth-order valence-electron chi connectivity index (χ4n) is 2.32. The van der Waals surface area contributed by atoms with Crippen LogP contribution in [0.2, 0.25) is 5.02 Å². The molecule has 3 heteroatoms. The fraction of sp³-hybridized carbons (Fsp3) is 0.667. The second-order valence-electron chi connectivity index (χ2n) is 5.62. The minimum atomic E-state index is 0.278. The molecule has 120 valence electrons. The minimum Gasteiger partial charge on any atom is -0.494 e. The summed E-state index contributed by atoms with van der Waals surface area (Å²) in [6.07, 6.45) is 7.40. The molecule has 21 heavy (non-hydrogen) atoms. The smallest absolute Gasteiger partial charge is 0.120 e. The van der Waals surface area contributed by atoms with E-state index in [0.29, 0.717) is 0 Å². The number of hydrogen-bond acceptors (Lipinski definition) is 2. The average Bonchev–Trinajstić information content (AvgIpc) is 2.48. The zero-order chi connectivity index (χ0) is 15.5. The van der Waals surface area contributed by atoms with Crippen molar-refractivity contribution >= 4 is 11.6 Å². The third-order valence-corrected chi connectivity index (χ3v) is 3.98. The Balaban J connectivity index is 2.39. The van der Waals surface area contributed by atoms with Crippen molar-refractivity contribution in [2.75, 3.05) is 13.2 Å². The lowest BCUT2D eigenvalue weighted by atomic mass is 10.1. The number of rotatable bonds is 11. The molecule has 0 bridgehead atoms. The number of hydrogen-bond donors (Lipinski definition) is 1. The summed E-state index contributed by atoms with van der Waals surface area (Å²) < 4.78 is 5.78. The van der Waals surface area contributed by atoms with Gasteiger partial charge in [-0.2, -0.15) is 0 Å². The molecule has 2 nitrogen and oxygen atoms in total. The Labute approximate surface area is 135 Å². The first-order valence-electron chi connectivity index (χ1n) is 8.34. The van der Waals surface area contributed by atoms with Crippen LogP contribution in [0.15, 0.2) is 18.2 Å². The highest BCUT2D eigenvalue weighted by Gasteiger charge is 2.09. The first-order chi connectivity index (χ1) is 10.2. The van der Waals surface area contributed by atoms with Crippen molar-refractivity contribution in [2.24, 2.45) is 0 Å². The zero-order valence-electron chi connectivity index (χ0n) is 13.8. The lowest BCUT2D eigenvalue weighted by Crippen LogP contribution is -2.19. The molecule has 0 aliphatic heterocycles. The van der Waals surface area contributed by atoms with Gasteiger partial charge in [0.25, 0.3) is 0 Å². The van der Waals surface area contributed by atoms with Crippen LogP contribution in [0.3, 0.4) is 0 Å². The van der Waals surface area contributed by atoms with E-state index < -0.39 is 0 Å². The molecule has 1 atom stereocenters. The second-order valence-corrected chi connectivity index (χ2v) is 6.03. The quantitative estimate of drug-likeness (QED) is 0.525. The van der Waals surface area contributed by atoms with Crippen LogP contribution in [-0.4, -0.2) is 13.2 Å². The molecule has 0 aliphatic carbocycles. The Hall–Kier alpha value is -0.730. The Morgan fingerprint density at radius 3 is 2.52 bits per heavy atom. The van der Waals surface area contributed by atoms with Crippen LogP contribution in [0, 0.1) is 0 Å². The number of unbranched alkanes of at least 4 members (excludes halogenated alkanes) is 4. The number of ether oxygens (including phenoxy) is 1. The molecule has 0 aliphatic rings. The molecule has 1 N–H and O–H groups in total. The van der Waals surface area contributed by atoms with E-state index in [1.165, 1.54) is 25.7 Å². The van der Waals surface area contributed by atoms with Crippen molar-refractivity contribution in [1.29, 1.82) is 0 Å². The van der Waals surface area contributed by atoms with Gasteiger partial charge in [0.2, 0.25) is 0 Å². The van der Waals surface area contributed by atoms with Gasteiger partial charge in [0.05, 0.1) is 6.61 Å². The third-order valence-electron chi connectivity index (χ3n) is 3.66. The molecule has 1 aromatic carbocycles. The molecule has 0 radical (unpaired) electrons. The standard InChI is InChI=1S/C18H30ClNO/c1-4-6-7-8-9-13-21-16-10-11-17(18(19)14-16)15(3)20-12-5-2/h10-11,14-15,20H,4-9,12-13H2,1-3H3. The van der Waals surface area contributed by atoms with Gasteiger partial charge >= 0.3 is 0 Å². The first kappa shape index (κ1) is 18.3. The van der Waals surface area contributed by atoms with E-state index in [9.17, 15) is 0 Å². The molecule has 1 unspecified atom stereocenters. The molecule has 0 amide bonds. The average molecular weight is 312 g/mol. The topological polar surface area (TPSA) is 21.3 Å². The van der Waals surface area contributed by atoms with Gasteiger partial charge in [0.1, 0.15) is 5.75 Å². The predicted octanol–water partition coefficient (Wildman–Crippen LogP) is 5.75. The summed E-state index contributed by atoms with van der Waals surface area (Å²) in [5.74, 6) is 0.877. The molecule has 0 saturated carbocycles. The van der Waals surface area contributed by atoms with E-state index in [4.69, 9.17) is 16.3 Å². The molecular formula is C18H30ClNO. The van der Waals surface area contributed by atoms with Gasteiger partial charge in [-0.3, -0.25) is 0 Å². The molecule has 0 saturated heterocycles. The van der Waals surface area contributed by atoms with E-state index >= 15 is 0 Å². The first-order valence-corrected chi connectivity index (χ1v) is 8.72. The Morgan fingerprint density at radius 1 is 1.10 bits per heavy atom. The van der Waals surface area contributed by atoms with Crippen molar-refractivity contribution < 1.29 is 4.74 Å². The van der Waals surface area contributed by atoms with Crippen molar-refractivity contribution in [3.63, 3.8) is 0 Å². The number of halogens is 1. The van der Waals surface area contributed by atoms with Gasteiger partial charge in [-0.1, -0.05) is 57.2 Å². The van der Waals surface area contributed by atoms with Crippen LogP contribution >= 0.6 is 11.6 Å². The van der Waals surface area contributed by atoms with Crippen LogP contribution in [0.5, 0.6) is 5.75 Å². The monoisotopic (exact) mass is 311 g/mol. The normalized spacial score (nSPS) is 12.4. The fourth-order valence-corrected chi connectivity index (χ4v) is 2.65. The van der Waals surface area contributed by atoms with E-state index in [1.54, 1.807) is 0 Å².